The van der Waals surface area contributed by atoms with Gasteiger partial charge in [-0.1, -0.05) is 6.07 Å². The minimum absolute atomic E-state index is 0.314. The molecule has 0 saturated carbocycles. The molecule has 2 rings (SSSR count). The molecule has 0 unspecified atom stereocenters. The van der Waals surface area contributed by atoms with Crippen molar-refractivity contribution < 1.29 is 27.5 Å². The van der Waals surface area contributed by atoms with Gasteiger partial charge in [0.05, 0.1) is 31.2 Å². The summed E-state index contributed by atoms with van der Waals surface area (Å²) in [6, 6.07) is 10.2. The molecule has 1 amide bonds. The zero-order valence-electron chi connectivity index (χ0n) is 17.6. The van der Waals surface area contributed by atoms with Crippen molar-refractivity contribution in [1.82, 2.24) is 0 Å². The van der Waals surface area contributed by atoms with Gasteiger partial charge in [0.1, 0.15) is 11.8 Å². The van der Waals surface area contributed by atoms with Crippen LogP contribution in [0.25, 0.3) is 0 Å². The Morgan fingerprint density at radius 3 is 2.30 bits per heavy atom. The Labute approximate surface area is 176 Å². The van der Waals surface area contributed by atoms with Gasteiger partial charge in [-0.05, 0) is 62.7 Å². The average Bonchev–Trinajstić information content (AvgIpc) is 2.69. The van der Waals surface area contributed by atoms with E-state index < -0.39 is 27.9 Å². The number of rotatable bonds is 8. The highest BCUT2D eigenvalue weighted by Crippen LogP contribution is 2.25. The van der Waals surface area contributed by atoms with Crippen molar-refractivity contribution in [2.75, 3.05) is 29.6 Å². The van der Waals surface area contributed by atoms with Crippen LogP contribution in [0.1, 0.15) is 29.8 Å². The number of sulfonamides is 1. The summed E-state index contributed by atoms with van der Waals surface area (Å²) in [5.74, 6) is -0.467. The molecular weight excluding hydrogens is 408 g/mol. The third-order valence-electron chi connectivity index (χ3n) is 4.49. The molecule has 0 radical (unpaired) electrons. The maximum absolute atomic E-state index is 12.9. The first-order chi connectivity index (χ1) is 14.1. The fourth-order valence-electron chi connectivity index (χ4n) is 3.00. The van der Waals surface area contributed by atoms with Gasteiger partial charge >= 0.3 is 5.97 Å². The standard InChI is InChI=1S/C21H26N2O6S/c1-6-29-17-12-10-16(11-13-17)23(30(5,26)27)15(3)20(24)22-19-9-7-8-18(14(19)2)21(25)28-4/h7-13,15H,6H2,1-5H3,(H,22,24)/t15-/m1/s1. The quantitative estimate of drug-likeness (QED) is 0.641. The predicted molar refractivity (Wildman–Crippen MR) is 116 cm³/mol. The van der Waals surface area contributed by atoms with E-state index in [4.69, 9.17) is 9.47 Å². The summed E-state index contributed by atoms with van der Waals surface area (Å²) in [5, 5.41) is 2.71. The minimum Gasteiger partial charge on any atom is -0.494 e. The van der Waals surface area contributed by atoms with E-state index in [9.17, 15) is 18.0 Å². The first kappa shape index (κ1) is 23.2. The lowest BCUT2D eigenvalue weighted by molar-refractivity contribution is -0.116. The number of carbonyl (C=O) groups excluding carboxylic acids is 2. The van der Waals surface area contributed by atoms with Crippen molar-refractivity contribution in [2.24, 2.45) is 0 Å². The number of hydrogen-bond acceptors (Lipinski definition) is 6. The summed E-state index contributed by atoms with van der Waals surface area (Å²) in [7, 11) is -2.48. The van der Waals surface area contributed by atoms with Gasteiger partial charge in [-0.3, -0.25) is 9.10 Å². The third kappa shape index (κ3) is 5.29. The molecule has 0 aromatic heterocycles. The smallest absolute Gasteiger partial charge is 0.338 e. The van der Waals surface area contributed by atoms with Gasteiger partial charge in [0.2, 0.25) is 15.9 Å². The molecule has 9 heteroatoms. The number of nitrogens with zero attached hydrogens (tertiary/aromatic N) is 1. The molecule has 0 fully saturated rings. The molecule has 2 aromatic carbocycles. The van der Waals surface area contributed by atoms with Crippen LogP contribution in [0.15, 0.2) is 42.5 Å². The Bertz CT molecular complexity index is 1020. The average molecular weight is 435 g/mol. The number of nitrogens with one attached hydrogen (secondary N) is 1. The molecular formula is C21H26N2O6S. The Hall–Kier alpha value is -3.07. The zero-order valence-corrected chi connectivity index (χ0v) is 18.4. The van der Waals surface area contributed by atoms with Crippen molar-refractivity contribution in [3.8, 4) is 5.75 Å². The molecule has 0 heterocycles. The van der Waals surface area contributed by atoms with Gasteiger partial charge in [-0.2, -0.15) is 0 Å². The molecule has 0 aliphatic heterocycles. The van der Waals surface area contributed by atoms with Crippen LogP contribution in [-0.4, -0.2) is 46.3 Å². The highest BCUT2D eigenvalue weighted by Gasteiger charge is 2.29. The number of carbonyl (C=O) groups is 2. The third-order valence-corrected chi connectivity index (χ3v) is 5.73. The number of esters is 1. The van der Waals surface area contributed by atoms with Crippen LogP contribution in [0.5, 0.6) is 5.75 Å². The van der Waals surface area contributed by atoms with Crippen molar-refractivity contribution in [1.29, 1.82) is 0 Å². The number of methoxy groups -OCH3 is 1. The topological polar surface area (TPSA) is 102 Å². The molecule has 0 spiro atoms. The molecule has 1 N–H and O–H groups in total. The maximum Gasteiger partial charge on any atom is 0.338 e. The van der Waals surface area contributed by atoms with E-state index in [1.54, 1.807) is 49.4 Å². The molecule has 0 aliphatic rings. The van der Waals surface area contributed by atoms with Crippen LogP contribution in [0.3, 0.4) is 0 Å². The van der Waals surface area contributed by atoms with Crippen molar-refractivity contribution in [3.05, 3.63) is 53.6 Å². The number of anilines is 2. The highest BCUT2D eigenvalue weighted by atomic mass is 32.2. The molecule has 1 atom stereocenters. The maximum atomic E-state index is 12.9. The van der Waals surface area contributed by atoms with Gasteiger partial charge < -0.3 is 14.8 Å². The van der Waals surface area contributed by atoms with Crippen molar-refractivity contribution in [2.45, 2.75) is 26.8 Å². The van der Waals surface area contributed by atoms with Gasteiger partial charge in [0, 0.05) is 5.69 Å². The van der Waals surface area contributed by atoms with Gasteiger partial charge in [-0.15, -0.1) is 0 Å². The fourth-order valence-corrected chi connectivity index (χ4v) is 4.18. The normalized spacial score (nSPS) is 12.0. The van der Waals surface area contributed by atoms with Gasteiger partial charge in [-0.25, -0.2) is 13.2 Å². The summed E-state index contributed by atoms with van der Waals surface area (Å²) in [6.45, 7) is 5.50. The molecule has 8 nitrogen and oxygen atoms in total. The molecule has 2 aromatic rings. The summed E-state index contributed by atoms with van der Waals surface area (Å²) < 4.78 is 36.1. The van der Waals surface area contributed by atoms with E-state index in [-0.39, 0.29) is 0 Å². The van der Waals surface area contributed by atoms with E-state index in [2.05, 4.69) is 5.32 Å². The van der Waals surface area contributed by atoms with E-state index in [1.165, 1.54) is 14.0 Å². The molecule has 0 saturated heterocycles. The Kier molecular flexibility index (Phi) is 7.44. The second-order valence-electron chi connectivity index (χ2n) is 6.62. The van der Waals surface area contributed by atoms with Gasteiger partial charge in [0.25, 0.3) is 0 Å². The highest BCUT2D eigenvalue weighted by molar-refractivity contribution is 7.92. The van der Waals surface area contributed by atoms with E-state index in [0.717, 1.165) is 10.6 Å². The summed E-state index contributed by atoms with van der Waals surface area (Å²) >= 11 is 0. The molecule has 162 valence electrons. The van der Waals surface area contributed by atoms with Crippen molar-refractivity contribution >= 4 is 33.3 Å². The van der Waals surface area contributed by atoms with Crippen LogP contribution in [0, 0.1) is 6.92 Å². The molecule has 0 bridgehead atoms. The summed E-state index contributed by atoms with van der Waals surface area (Å²) in [4.78, 5) is 24.8. The lowest BCUT2D eigenvalue weighted by atomic mass is 10.1. The Morgan fingerprint density at radius 1 is 1.13 bits per heavy atom. The van der Waals surface area contributed by atoms with Gasteiger partial charge in [0.15, 0.2) is 0 Å². The lowest BCUT2D eigenvalue weighted by Gasteiger charge is -2.28. The van der Waals surface area contributed by atoms with Crippen LogP contribution in [-0.2, 0) is 19.6 Å². The monoisotopic (exact) mass is 434 g/mol. The van der Waals surface area contributed by atoms with Crippen LogP contribution in [0.4, 0.5) is 11.4 Å². The van der Waals surface area contributed by atoms with Crippen molar-refractivity contribution in [3.63, 3.8) is 0 Å². The SMILES string of the molecule is CCOc1ccc(N([C@H](C)C(=O)Nc2cccc(C(=O)OC)c2C)S(C)(=O)=O)cc1. The van der Waals surface area contributed by atoms with E-state index >= 15 is 0 Å². The fraction of sp³-hybridized carbons (Fsp3) is 0.333. The van der Waals surface area contributed by atoms with Crippen LogP contribution in [0.2, 0.25) is 0 Å². The second kappa shape index (κ2) is 9.62. The first-order valence-electron chi connectivity index (χ1n) is 9.31. The Balaban J connectivity index is 2.32. The number of ether oxygens (including phenoxy) is 2. The largest absolute Gasteiger partial charge is 0.494 e. The van der Waals surface area contributed by atoms with Crippen LogP contribution < -0.4 is 14.4 Å². The van der Waals surface area contributed by atoms with Crippen LogP contribution >= 0.6 is 0 Å². The first-order valence-corrected chi connectivity index (χ1v) is 11.2. The lowest BCUT2D eigenvalue weighted by Crippen LogP contribution is -2.45. The number of benzene rings is 2. The number of hydrogen-bond donors (Lipinski definition) is 1. The van der Waals surface area contributed by atoms with E-state index in [1.807, 2.05) is 6.92 Å². The van der Waals surface area contributed by atoms with E-state index in [0.29, 0.717) is 34.9 Å². The molecule has 30 heavy (non-hydrogen) atoms. The zero-order chi connectivity index (χ0) is 22.5. The predicted octanol–water partition coefficient (Wildman–Crippen LogP) is 2.97. The Morgan fingerprint density at radius 2 is 1.77 bits per heavy atom. The summed E-state index contributed by atoms with van der Waals surface area (Å²) in [6.07, 6.45) is 1.04. The molecule has 0 aliphatic carbocycles. The number of amides is 1. The second-order valence-corrected chi connectivity index (χ2v) is 8.48. The summed E-state index contributed by atoms with van der Waals surface area (Å²) in [5.41, 5.74) is 1.57. The minimum atomic E-state index is -3.76.